The number of amides is 3. The molecular weight excluding hydrogens is 343 g/mol. The van der Waals surface area contributed by atoms with Gasteiger partial charge in [-0.1, -0.05) is 30.0 Å². The van der Waals surface area contributed by atoms with Crippen molar-refractivity contribution in [2.24, 2.45) is 0 Å². The van der Waals surface area contributed by atoms with Crippen LogP contribution in [-0.4, -0.2) is 35.4 Å². The fourth-order valence-corrected chi connectivity index (χ4v) is 2.69. The number of hydrogen-bond acceptors (Lipinski definition) is 4. The summed E-state index contributed by atoms with van der Waals surface area (Å²) in [5, 5.41) is 4.99. The Morgan fingerprint density at radius 3 is 2.67 bits per heavy atom. The summed E-state index contributed by atoms with van der Waals surface area (Å²) in [6.45, 7) is 0.420. The van der Waals surface area contributed by atoms with Gasteiger partial charge in [-0.2, -0.15) is 13.2 Å². The van der Waals surface area contributed by atoms with Crippen LogP contribution in [0.3, 0.4) is 0 Å². The van der Waals surface area contributed by atoms with E-state index in [1.807, 2.05) is 42.6 Å². The van der Waals surface area contributed by atoms with Crippen molar-refractivity contribution in [1.29, 1.82) is 0 Å². The predicted molar refractivity (Wildman–Crippen MR) is 84.8 cm³/mol. The van der Waals surface area contributed by atoms with E-state index in [9.17, 15) is 22.8 Å². The first-order valence-electron chi connectivity index (χ1n) is 6.88. The normalized spacial score (nSPS) is 11.3. The van der Waals surface area contributed by atoms with Crippen molar-refractivity contribution in [3.8, 4) is 0 Å². The molecule has 2 N–H and O–H groups in total. The van der Waals surface area contributed by atoms with Crippen LogP contribution in [0.5, 0.6) is 0 Å². The molecule has 2 rings (SSSR count). The monoisotopic (exact) mass is 357 g/mol. The molecule has 128 valence electrons. The van der Waals surface area contributed by atoms with Gasteiger partial charge in [0, 0.05) is 5.39 Å². The summed E-state index contributed by atoms with van der Waals surface area (Å²) in [5.41, 5.74) is 1.77. The van der Waals surface area contributed by atoms with Crippen molar-refractivity contribution >= 4 is 34.6 Å². The number of thioether (sulfide) groups is 1. The third-order valence-electron chi connectivity index (χ3n) is 2.95. The van der Waals surface area contributed by atoms with Crippen molar-refractivity contribution in [2.75, 3.05) is 12.3 Å². The molecule has 0 unspecified atom stereocenters. The number of nitrogens with zero attached hydrogens (tertiary/aromatic N) is 1. The number of pyridine rings is 1. The van der Waals surface area contributed by atoms with Gasteiger partial charge in [0.1, 0.15) is 6.54 Å². The van der Waals surface area contributed by atoms with E-state index < -0.39 is 24.7 Å². The largest absolute Gasteiger partial charge is 0.405 e. The molecule has 0 radical (unpaired) electrons. The van der Waals surface area contributed by atoms with Crippen molar-refractivity contribution in [2.45, 2.75) is 18.1 Å². The van der Waals surface area contributed by atoms with E-state index in [-0.39, 0.29) is 5.75 Å². The first-order valence-corrected chi connectivity index (χ1v) is 7.87. The number of aryl methyl sites for hydroxylation is 1. The van der Waals surface area contributed by atoms with Crippen LogP contribution in [0.2, 0.25) is 0 Å². The van der Waals surface area contributed by atoms with Crippen LogP contribution in [0.1, 0.15) is 5.56 Å². The Kier molecular flexibility index (Phi) is 5.66. The fraction of sp³-hybridized carbons (Fsp3) is 0.267. The molecule has 0 saturated heterocycles. The van der Waals surface area contributed by atoms with E-state index in [2.05, 4.69) is 4.98 Å². The number of aromatic nitrogens is 1. The second-order valence-corrected chi connectivity index (χ2v) is 5.92. The zero-order chi connectivity index (χ0) is 17.7. The van der Waals surface area contributed by atoms with Gasteiger partial charge in [0.25, 0.3) is 0 Å². The lowest BCUT2D eigenvalue weighted by molar-refractivity contribution is -0.124. The molecule has 0 spiro atoms. The number of imide groups is 1. The highest BCUT2D eigenvalue weighted by Crippen LogP contribution is 2.23. The average Bonchev–Trinajstić information content (AvgIpc) is 2.50. The molecule has 0 aliphatic heterocycles. The Morgan fingerprint density at radius 1 is 1.25 bits per heavy atom. The van der Waals surface area contributed by atoms with Gasteiger partial charge in [0.15, 0.2) is 0 Å². The molecule has 0 aliphatic carbocycles. The highest BCUT2D eigenvalue weighted by atomic mass is 32.2. The maximum atomic E-state index is 11.9. The van der Waals surface area contributed by atoms with E-state index in [0.717, 1.165) is 28.2 Å². The summed E-state index contributed by atoms with van der Waals surface area (Å²) < 4.78 is 35.8. The quantitative estimate of drug-likeness (QED) is 0.825. The number of urea groups is 1. The van der Waals surface area contributed by atoms with E-state index in [1.165, 1.54) is 0 Å². The minimum Gasteiger partial charge on any atom is -0.329 e. The number of alkyl halides is 3. The second-order valence-electron chi connectivity index (χ2n) is 4.93. The number of halogens is 3. The molecule has 24 heavy (non-hydrogen) atoms. The van der Waals surface area contributed by atoms with Gasteiger partial charge in [-0.15, -0.1) is 0 Å². The van der Waals surface area contributed by atoms with Gasteiger partial charge in [-0.25, -0.2) is 9.78 Å². The van der Waals surface area contributed by atoms with Crippen LogP contribution < -0.4 is 10.6 Å². The molecule has 2 aromatic rings. The first-order chi connectivity index (χ1) is 11.2. The Balaban J connectivity index is 1.89. The van der Waals surface area contributed by atoms with Crippen LogP contribution in [0.4, 0.5) is 18.0 Å². The molecule has 1 heterocycles. The summed E-state index contributed by atoms with van der Waals surface area (Å²) in [6.07, 6.45) is -4.53. The molecule has 0 saturated carbocycles. The molecular formula is C15H14F3N3O2S. The zero-order valence-corrected chi connectivity index (χ0v) is 13.4. The number of hydrogen-bond donors (Lipinski definition) is 2. The first kappa shape index (κ1) is 18.1. The Hall–Kier alpha value is -2.29. The summed E-state index contributed by atoms with van der Waals surface area (Å²) in [7, 11) is 0. The van der Waals surface area contributed by atoms with Gasteiger partial charge >= 0.3 is 12.2 Å². The minimum absolute atomic E-state index is 0.135. The zero-order valence-electron chi connectivity index (χ0n) is 12.6. The van der Waals surface area contributed by atoms with Crippen LogP contribution >= 0.6 is 11.8 Å². The summed E-state index contributed by atoms with van der Waals surface area (Å²) >= 11 is 1.10. The van der Waals surface area contributed by atoms with Gasteiger partial charge in [0.2, 0.25) is 5.91 Å². The van der Waals surface area contributed by atoms with E-state index in [0.29, 0.717) is 5.03 Å². The Morgan fingerprint density at radius 2 is 1.96 bits per heavy atom. The van der Waals surface area contributed by atoms with Gasteiger partial charge < -0.3 is 5.32 Å². The molecule has 3 amide bonds. The number of rotatable bonds is 4. The van der Waals surface area contributed by atoms with Crippen LogP contribution in [0.25, 0.3) is 10.9 Å². The lowest BCUT2D eigenvalue weighted by Gasteiger charge is -2.09. The Labute approximate surface area is 140 Å². The summed E-state index contributed by atoms with van der Waals surface area (Å²) in [5.74, 6) is -0.836. The predicted octanol–water partition coefficient (Wildman–Crippen LogP) is 3.02. The summed E-state index contributed by atoms with van der Waals surface area (Å²) in [4.78, 5) is 27.2. The van der Waals surface area contributed by atoms with Crippen LogP contribution in [0, 0.1) is 6.92 Å². The highest BCUT2D eigenvalue weighted by molar-refractivity contribution is 7.99. The van der Waals surface area contributed by atoms with Gasteiger partial charge in [-0.05, 0) is 24.6 Å². The number of benzene rings is 1. The molecule has 0 atom stereocenters. The molecule has 9 heteroatoms. The molecule has 1 aromatic heterocycles. The molecule has 0 fully saturated rings. The topological polar surface area (TPSA) is 71.1 Å². The SMILES string of the molecule is Cc1cc(SCC(=O)NC(=O)NCC(F)(F)F)nc2ccccc12. The molecule has 0 aliphatic rings. The lowest BCUT2D eigenvalue weighted by atomic mass is 10.1. The van der Waals surface area contributed by atoms with Crippen LogP contribution in [-0.2, 0) is 4.79 Å². The van der Waals surface area contributed by atoms with Crippen molar-refractivity contribution in [1.82, 2.24) is 15.6 Å². The summed E-state index contributed by atoms with van der Waals surface area (Å²) in [6, 6.07) is 8.16. The number of para-hydroxylation sites is 1. The molecule has 0 bridgehead atoms. The maximum Gasteiger partial charge on any atom is 0.405 e. The van der Waals surface area contributed by atoms with Crippen molar-refractivity contribution < 1.29 is 22.8 Å². The molecule has 5 nitrogen and oxygen atoms in total. The van der Waals surface area contributed by atoms with E-state index >= 15 is 0 Å². The van der Waals surface area contributed by atoms with Gasteiger partial charge in [0.05, 0.1) is 16.3 Å². The minimum atomic E-state index is -4.53. The molecule has 1 aromatic carbocycles. The Bertz CT molecular complexity index is 765. The standard InChI is InChI=1S/C15H14F3N3O2S/c1-9-6-13(20-11-5-3-2-4-10(9)11)24-7-12(22)21-14(23)19-8-15(16,17)18/h2-6H,7-8H2,1H3,(H2,19,21,22,23). The van der Waals surface area contributed by atoms with Crippen molar-refractivity contribution in [3.63, 3.8) is 0 Å². The third kappa shape index (κ3) is 5.41. The van der Waals surface area contributed by atoms with Gasteiger partial charge in [-0.3, -0.25) is 10.1 Å². The third-order valence-corrected chi connectivity index (χ3v) is 3.86. The highest BCUT2D eigenvalue weighted by Gasteiger charge is 2.27. The smallest absolute Gasteiger partial charge is 0.329 e. The second kappa shape index (κ2) is 7.52. The van der Waals surface area contributed by atoms with Crippen molar-refractivity contribution in [3.05, 3.63) is 35.9 Å². The lowest BCUT2D eigenvalue weighted by Crippen LogP contribution is -2.43. The van der Waals surface area contributed by atoms with E-state index in [1.54, 1.807) is 5.32 Å². The maximum absolute atomic E-state index is 11.9. The number of nitrogens with one attached hydrogen (secondary N) is 2. The number of carbonyl (C=O) groups is 2. The average molecular weight is 357 g/mol. The fourth-order valence-electron chi connectivity index (χ4n) is 1.92. The number of carbonyl (C=O) groups excluding carboxylic acids is 2. The van der Waals surface area contributed by atoms with Crippen LogP contribution in [0.15, 0.2) is 35.4 Å². The number of fused-ring (bicyclic) bond motifs is 1. The van der Waals surface area contributed by atoms with E-state index in [4.69, 9.17) is 0 Å².